The molecule has 0 spiro atoms. The number of aromatic amines is 1. The Labute approximate surface area is 166 Å². The average Bonchev–Trinajstić information content (AvgIpc) is 2.99. The van der Waals surface area contributed by atoms with Crippen LogP contribution in [0.2, 0.25) is 0 Å². The van der Waals surface area contributed by atoms with Crippen molar-refractivity contribution in [2.45, 2.75) is 26.2 Å². The molecule has 5 rings (SSSR count). The third-order valence-electron chi connectivity index (χ3n) is 5.11. The summed E-state index contributed by atoms with van der Waals surface area (Å²) in [4.78, 5) is 34.6. The highest BCUT2D eigenvalue weighted by Crippen LogP contribution is 2.36. The molecule has 0 saturated heterocycles. The van der Waals surface area contributed by atoms with E-state index in [-0.39, 0.29) is 16.9 Å². The maximum Gasteiger partial charge on any atom is 0.347 e. The highest BCUT2D eigenvalue weighted by atomic mass is 79.9. The summed E-state index contributed by atoms with van der Waals surface area (Å²) in [6, 6.07) is 7.13. The molecule has 1 atom stereocenters. The van der Waals surface area contributed by atoms with E-state index in [1.165, 1.54) is 4.88 Å². The van der Waals surface area contributed by atoms with Crippen molar-refractivity contribution in [2.75, 3.05) is 0 Å². The van der Waals surface area contributed by atoms with E-state index >= 15 is 0 Å². The number of nitrogens with zero attached hydrogens (tertiary/aromatic N) is 1. The zero-order chi connectivity index (χ0) is 18.7. The molecule has 4 aromatic rings. The molecule has 0 bridgehead atoms. The molecule has 27 heavy (non-hydrogen) atoms. The Hall–Kier alpha value is -2.25. The number of hydrogen-bond donors (Lipinski definition) is 1. The summed E-state index contributed by atoms with van der Waals surface area (Å²) in [5.41, 5.74) is 1.19. The molecule has 3 heterocycles. The smallest absolute Gasteiger partial charge is 0.347 e. The predicted molar refractivity (Wildman–Crippen MR) is 111 cm³/mol. The van der Waals surface area contributed by atoms with Crippen molar-refractivity contribution in [1.29, 1.82) is 0 Å². The first-order valence-electron chi connectivity index (χ1n) is 8.78. The molecule has 1 N–H and O–H groups in total. The lowest BCUT2D eigenvalue weighted by Gasteiger charge is -2.17. The quantitative estimate of drug-likeness (QED) is 0.435. The van der Waals surface area contributed by atoms with Crippen LogP contribution in [0.5, 0.6) is 0 Å². The van der Waals surface area contributed by atoms with E-state index in [0.29, 0.717) is 21.7 Å². The number of thiophene rings is 1. The summed E-state index contributed by atoms with van der Waals surface area (Å²) in [7, 11) is 0. The van der Waals surface area contributed by atoms with Gasteiger partial charge in [-0.25, -0.2) is 9.78 Å². The first-order valence-corrected chi connectivity index (χ1v) is 10.4. The van der Waals surface area contributed by atoms with Gasteiger partial charge in [-0.2, -0.15) is 0 Å². The molecular formula is C20H15BrN2O3S. The van der Waals surface area contributed by atoms with Crippen molar-refractivity contribution in [1.82, 2.24) is 9.97 Å². The number of aryl methyl sites for hydroxylation is 1. The maximum absolute atomic E-state index is 12.8. The Bertz CT molecular complexity index is 1340. The standard InChI is InChI=1S/C20H15BrN2O3S/c1-9-2-4-12-15(6-9)27-19-16(12)18(24)22-17(23-19)13-8-10-7-11(21)3-5-14(10)26-20(13)25/h3,5,7-9H,2,4,6H2,1H3,(H,22,23,24)/t9-/m0/s1. The van der Waals surface area contributed by atoms with Crippen LogP contribution >= 0.6 is 27.3 Å². The van der Waals surface area contributed by atoms with Gasteiger partial charge >= 0.3 is 5.63 Å². The summed E-state index contributed by atoms with van der Waals surface area (Å²) in [6.07, 6.45) is 2.98. The van der Waals surface area contributed by atoms with Crippen LogP contribution in [0.4, 0.5) is 0 Å². The second-order valence-corrected chi connectivity index (χ2v) is 9.08. The minimum Gasteiger partial charge on any atom is -0.422 e. The van der Waals surface area contributed by atoms with Gasteiger partial charge in [0.25, 0.3) is 5.56 Å². The second kappa shape index (κ2) is 6.14. The number of H-pyrrole nitrogens is 1. The minimum absolute atomic E-state index is 0.184. The largest absolute Gasteiger partial charge is 0.422 e. The van der Waals surface area contributed by atoms with E-state index in [9.17, 15) is 9.59 Å². The number of aromatic nitrogens is 2. The van der Waals surface area contributed by atoms with Crippen molar-refractivity contribution in [3.63, 3.8) is 0 Å². The Morgan fingerprint density at radius 3 is 3.00 bits per heavy atom. The molecule has 0 aliphatic heterocycles. The van der Waals surface area contributed by atoms with Gasteiger partial charge in [0.05, 0.1) is 5.39 Å². The molecule has 0 unspecified atom stereocenters. The highest BCUT2D eigenvalue weighted by Gasteiger charge is 2.23. The Morgan fingerprint density at radius 1 is 1.30 bits per heavy atom. The lowest BCUT2D eigenvalue weighted by atomic mass is 9.89. The molecule has 0 saturated carbocycles. The fraction of sp³-hybridized carbons (Fsp3) is 0.250. The molecule has 7 heteroatoms. The molecule has 0 radical (unpaired) electrons. The van der Waals surface area contributed by atoms with Crippen molar-refractivity contribution < 1.29 is 4.42 Å². The summed E-state index contributed by atoms with van der Waals surface area (Å²) >= 11 is 4.99. The van der Waals surface area contributed by atoms with Crippen LogP contribution in [0.1, 0.15) is 23.8 Å². The molecule has 1 aromatic carbocycles. The molecule has 3 aromatic heterocycles. The van der Waals surface area contributed by atoms with Crippen molar-refractivity contribution in [3.8, 4) is 11.4 Å². The molecule has 0 amide bonds. The number of hydrogen-bond acceptors (Lipinski definition) is 5. The zero-order valence-corrected chi connectivity index (χ0v) is 16.9. The van der Waals surface area contributed by atoms with Crippen LogP contribution in [0.25, 0.3) is 32.6 Å². The molecular weight excluding hydrogens is 428 g/mol. The second-order valence-electron chi connectivity index (χ2n) is 7.08. The van der Waals surface area contributed by atoms with E-state index < -0.39 is 5.63 Å². The number of nitrogens with one attached hydrogen (secondary N) is 1. The van der Waals surface area contributed by atoms with Gasteiger partial charge in [0.2, 0.25) is 0 Å². The Morgan fingerprint density at radius 2 is 2.15 bits per heavy atom. The summed E-state index contributed by atoms with van der Waals surface area (Å²) in [5.74, 6) is 0.880. The fourth-order valence-corrected chi connectivity index (χ4v) is 5.50. The third-order valence-corrected chi connectivity index (χ3v) is 6.76. The molecule has 1 aliphatic rings. The van der Waals surface area contributed by atoms with E-state index in [1.807, 2.05) is 12.1 Å². The van der Waals surface area contributed by atoms with Gasteiger partial charge in [-0.1, -0.05) is 22.9 Å². The summed E-state index contributed by atoms with van der Waals surface area (Å²) in [5, 5.41) is 1.44. The molecule has 5 nitrogen and oxygen atoms in total. The normalized spacial score (nSPS) is 16.7. The fourth-order valence-electron chi connectivity index (χ4n) is 3.74. The van der Waals surface area contributed by atoms with Gasteiger partial charge in [0.15, 0.2) is 0 Å². The van der Waals surface area contributed by atoms with Gasteiger partial charge in [-0.3, -0.25) is 4.79 Å². The zero-order valence-electron chi connectivity index (χ0n) is 14.5. The molecule has 136 valence electrons. The lowest BCUT2D eigenvalue weighted by molar-refractivity contribution is 0.509. The van der Waals surface area contributed by atoms with Gasteiger partial charge in [-0.05, 0) is 55.0 Å². The highest BCUT2D eigenvalue weighted by molar-refractivity contribution is 9.10. The first kappa shape index (κ1) is 16.9. The van der Waals surface area contributed by atoms with Crippen LogP contribution in [-0.2, 0) is 12.8 Å². The van der Waals surface area contributed by atoms with E-state index in [2.05, 4.69) is 32.8 Å². The van der Waals surface area contributed by atoms with Crippen LogP contribution in [0.3, 0.4) is 0 Å². The van der Waals surface area contributed by atoms with Crippen LogP contribution < -0.4 is 11.2 Å². The number of rotatable bonds is 1. The van der Waals surface area contributed by atoms with Gasteiger partial charge < -0.3 is 9.40 Å². The van der Waals surface area contributed by atoms with E-state index in [1.54, 1.807) is 23.5 Å². The molecule has 1 aliphatic carbocycles. The predicted octanol–water partition coefficient (Wildman–Crippen LogP) is 4.65. The van der Waals surface area contributed by atoms with Crippen molar-refractivity contribution in [3.05, 3.63) is 60.0 Å². The van der Waals surface area contributed by atoms with Crippen molar-refractivity contribution in [2.24, 2.45) is 5.92 Å². The summed E-state index contributed by atoms with van der Waals surface area (Å²) in [6.45, 7) is 2.23. The lowest BCUT2D eigenvalue weighted by Crippen LogP contribution is -2.15. The molecule has 0 fully saturated rings. The first-order chi connectivity index (χ1) is 13.0. The maximum atomic E-state index is 12.8. The summed E-state index contributed by atoms with van der Waals surface area (Å²) < 4.78 is 6.30. The van der Waals surface area contributed by atoms with Crippen LogP contribution in [0.15, 0.2) is 42.7 Å². The number of fused-ring (bicyclic) bond motifs is 4. The Kier molecular flexibility index (Phi) is 3.84. The minimum atomic E-state index is -0.512. The monoisotopic (exact) mass is 442 g/mol. The van der Waals surface area contributed by atoms with Gasteiger partial charge in [0.1, 0.15) is 21.8 Å². The average molecular weight is 443 g/mol. The van der Waals surface area contributed by atoms with E-state index in [0.717, 1.165) is 34.7 Å². The van der Waals surface area contributed by atoms with Crippen LogP contribution in [-0.4, -0.2) is 9.97 Å². The SMILES string of the molecule is C[C@H]1CCc2c(sc3nc(-c4cc5cc(Br)ccc5oc4=O)[nH]c(=O)c23)C1. The third kappa shape index (κ3) is 2.76. The topological polar surface area (TPSA) is 76.0 Å². The van der Waals surface area contributed by atoms with Gasteiger partial charge in [-0.15, -0.1) is 11.3 Å². The van der Waals surface area contributed by atoms with E-state index in [4.69, 9.17) is 4.42 Å². The van der Waals surface area contributed by atoms with Gasteiger partial charge in [0, 0.05) is 14.7 Å². The Balaban J connectivity index is 1.74. The van der Waals surface area contributed by atoms with Crippen molar-refractivity contribution >= 4 is 48.5 Å². The number of halogens is 1. The van der Waals surface area contributed by atoms with Crippen LogP contribution in [0, 0.1) is 5.92 Å². The number of benzene rings is 1.